The molecule has 0 aliphatic carbocycles. The fourth-order valence-electron chi connectivity index (χ4n) is 3.84. The summed E-state index contributed by atoms with van der Waals surface area (Å²) in [6, 6.07) is 15.4. The number of piperazine rings is 1. The SMILES string of the molecule is CC[C@@H](C)c1ccccc1NC(=O)[C@H](C)[NH+]1CCN(c2ccc(O)cc2)CC1. The van der Waals surface area contributed by atoms with Gasteiger partial charge in [0, 0.05) is 11.4 Å². The number of anilines is 2. The predicted molar refractivity (Wildman–Crippen MR) is 114 cm³/mol. The number of phenolic OH excluding ortho intramolecular Hbond substituents is 1. The molecule has 0 saturated carbocycles. The van der Waals surface area contributed by atoms with Gasteiger partial charge in [-0.25, -0.2) is 0 Å². The second kappa shape index (κ2) is 9.11. The van der Waals surface area contributed by atoms with Crippen LogP contribution in [0.25, 0.3) is 0 Å². The maximum absolute atomic E-state index is 12.9. The van der Waals surface area contributed by atoms with Gasteiger partial charge in [-0.1, -0.05) is 32.0 Å². The first kappa shape index (κ1) is 20.2. The Morgan fingerprint density at radius 1 is 1.11 bits per heavy atom. The summed E-state index contributed by atoms with van der Waals surface area (Å²) in [4.78, 5) is 16.5. The maximum atomic E-state index is 12.9. The first-order valence-electron chi connectivity index (χ1n) is 10.3. The van der Waals surface area contributed by atoms with Crippen LogP contribution in [0.1, 0.15) is 38.7 Å². The highest BCUT2D eigenvalue weighted by Crippen LogP contribution is 2.26. The summed E-state index contributed by atoms with van der Waals surface area (Å²) in [7, 11) is 0. The molecule has 3 N–H and O–H groups in total. The standard InChI is InChI=1S/C23H31N3O2/c1-4-17(2)21-7-5-6-8-22(21)24-23(28)18(3)25-13-15-26(16-14-25)19-9-11-20(27)12-10-19/h5-12,17-18,27H,4,13-16H2,1-3H3,(H,24,28)/p+1/t17-,18+/m1/s1. The van der Waals surface area contributed by atoms with Crippen molar-refractivity contribution in [2.45, 2.75) is 39.2 Å². The molecule has 2 aromatic rings. The van der Waals surface area contributed by atoms with Gasteiger partial charge in [-0.3, -0.25) is 4.79 Å². The number of nitrogens with one attached hydrogen (secondary N) is 2. The van der Waals surface area contributed by atoms with Gasteiger partial charge in [-0.2, -0.15) is 0 Å². The van der Waals surface area contributed by atoms with Gasteiger partial charge >= 0.3 is 0 Å². The van der Waals surface area contributed by atoms with E-state index in [1.165, 1.54) is 10.5 Å². The van der Waals surface area contributed by atoms with Crippen LogP contribution in [-0.4, -0.2) is 43.2 Å². The van der Waals surface area contributed by atoms with E-state index in [2.05, 4.69) is 30.1 Å². The monoisotopic (exact) mass is 382 g/mol. The van der Waals surface area contributed by atoms with Crippen molar-refractivity contribution < 1.29 is 14.8 Å². The van der Waals surface area contributed by atoms with Gasteiger partial charge in [0.25, 0.3) is 5.91 Å². The van der Waals surface area contributed by atoms with Crippen LogP contribution >= 0.6 is 0 Å². The molecule has 0 spiro atoms. The minimum absolute atomic E-state index is 0.0869. The number of rotatable bonds is 6. The number of carbonyl (C=O) groups excluding carboxylic acids is 1. The molecule has 1 heterocycles. The molecule has 5 heteroatoms. The molecule has 0 bridgehead atoms. The zero-order valence-electron chi connectivity index (χ0n) is 17.1. The van der Waals surface area contributed by atoms with Gasteiger partial charge in [0.1, 0.15) is 5.75 Å². The average molecular weight is 383 g/mol. The number of amides is 1. The van der Waals surface area contributed by atoms with Crippen LogP contribution in [0.3, 0.4) is 0 Å². The van der Waals surface area contributed by atoms with Crippen molar-refractivity contribution in [3.8, 4) is 5.75 Å². The van der Waals surface area contributed by atoms with Gasteiger partial charge in [0.15, 0.2) is 6.04 Å². The zero-order chi connectivity index (χ0) is 20.1. The maximum Gasteiger partial charge on any atom is 0.282 e. The molecular weight excluding hydrogens is 350 g/mol. The highest BCUT2D eigenvalue weighted by Gasteiger charge is 2.29. The molecule has 1 amide bonds. The molecule has 3 rings (SSSR count). The summed E-state index contributed by atoms with van der Waals surface area (Å²) >= 11 is 0. The molecule has 5 nitrogen and oxygen atoms in total. The van der Waals surface area contributed by atoms with Crippen LogP contribution in [0, 0.1) is 0 Å². The Morgan fingerprint density at radius 3 is 2.39 bits per heavy atom. The van der Waals surface area contributed by atoms with Crippen LogP contribution in [0.4, 0.5) is 11.4 Å². The smallest absolute Gasteiger partial charge is 0.282 e. The van der Waals surface area contributed by atoms with E-state index in [0.29, 0.717) is 5.92 Å². The number of carbonyl (C=O) groups is 1. The molecule has 150 valence electrons. The zero-order valence-corrected chi connectivity index (χ0v) is 17.1. The highest BCUT2D eigenvalue weighted by molar-refractivity contribution is 5.94. The molecule has 2 aromatic carbocycles. The third kappa shape index (κ3) is 4.65. The second-order valence-electron chi connectivity index (χ2n) is 7.77. The van der Waals surface area contributed by atoms with Crippen molar-refractivity contribution in [2.75, 3.05) is 36.4 Å². The topological polar surface area (TPSA) is 57.0 Å². The first-order valence-corrected chi connectivity index (χ1v) is 10.3. The Balaban J connectivity index is 1.58. The van der Waals surface area contributed by atoms with E-state index in [0.717, 1.165) is 44.0 Å². The summed E-state index contributed by atoms with van der Waals surface area (Å²) in [6.45, 7) is 10.0. The number of benzene rings is 2. The summed E-state index contributed by atoms with van der Waals surface area (Å²) < 4.78 is 0. The molecule has 1 saturated heterocycles. The molecule has 1 fully saturated rings. The lowest BCUT2D eigenvalue weighted by atomic mass is 9.97. The van der Waals surface area contributed by atoms with Gasteiger partial charge in [0.2, 0.25) is 0 Å². The molecule has 1 aliphatic rings. The lowest BCUT2D eigenvalue weighted by Gasteiger charge is -2.36. The van der Waals surface area contributed by atoms with Gasteiger partial charge in [-0.05, 0) is 55.2 Å². The number of aromatic hydroxyl groups is 1. The quantitative estimate of drug-likeness (QED) is 0.720. The van der Waals surface area contributed by atoms with Crippen LogP contribution in [0.2, 0.25) is 0 Å². The number of phenols is 1. The van der Waals surface area contributed by atoms with Gasteiger partial charge in [-0.15, -0.1) is 0 Å². The van der Waals surface area contributed by atoms with Crippen molar-refractivity contribution >= 4 is 17.3 Å². The fourth-order valence-corrected chi connectivity index (χ4v) is 3.84. The van der Waals surface area contributed by atoms with E-state index >= 15 is 0 Å². The molecular formula is C23H32N3O2+. The lowest BCUT2D eigenvalue weighted by Crippen LogP contribution is -3.19. The molecule has 0 unspecified atom stereocenters. The largest absolute Gasteiger partial charge is 0.508 e. The Hall–Kier alpha value is -2.53. The van der Waals surface area contributed by atoms with Crippen LogP contribution in [0.15, 0.2) is 48.5 Å². The minimum Gasteiger partial charge on any atom is -0.508 e. The molecule has 28 heavy (non-hydrogen) atoms. The van der Waals surface area contributed by atoms with Gasteiger partial charge < -0.3 is 20.2 Å². The van der Waals surface area contributed by atoms with Crippen molar-refractivity contribution in [3.63, 3.8) is 0 Å². The summed E-state index contributed by atoms with van der Waals surface area (Å²) in [5.41, 5.74) is 3.27. The first-order chi connectivity index (χ1) is 13.5. The van der Waals surface area contributed by atoms with Crippen molar-refractivity contribution in [3.05, 3.63) is 54.1 Å². The number of hydrogen-bond acceptors (Lipinski definition) is 3. The Labute approximate surface area is 168 Å². The van der Waals surface area contributed by atoms with Gasteiger partial charge in [0.05, 0.1) is 26.2 Å². The minimum atomic E-state index is -0.0908. The molecule has 1 aliphatic heterocycles. The highest BCUT2D eigenvalue weighted by atomic mass is 16.3. The number of quaternary nitrogens is 1. The third-order valence-corrected chi connectivity index (χ3v) is 5.99. The van der Waals surface area contributed by atoms with Crippen molar-refractivity contribution in [1.82, 2.24) is 0 Å². The summed E-state index contributed by atoms with van der Waals surface area (Å²) in [5, 5.41) is 12.6. The Kier molecular flexibility index (Phi) is 6.57. The second-order valence-corrected chi connectivity index (χ2v) is 7.77. The van der Waals surface area contributed by atoms with E-state index in [1.807, 2.05) is 37.3 Å². The summed E-state index contributed by atoms with van der Waals surface area (Å²) in [6.07, 6.45) is 1.05. The van der Waals surface area contributed by atoms with E-state index < -0.39 is 0 Å². The number of para-hydroxylation sites is 1. The fraction of sp³-hybridized carbons (Fsp3) is 0.435. The molecule has 2 atom stereocenters. The van der Waals surface area contributed by atoms with Crippen LogP contribution in [0.5, 0.6) is 5.75 Å². The van der Waals surface area contributed by atoms with Crippen molar-refractivity contribution in [2.24, 2.45) is 0 Å². The molecule has 0 radical (unpaired) electrons. The molecule has 0 aromatic heterocycles. The normalized spacial score (nSPS) is 17.2. The number of hydrogen-bond donors (Lipinski definition) is 3. The van der Waals surface area contributed by atoms with E-state index in [-0.39, 0.29) is 17.7 Å². The predicted octanol–water partition coefficient (Wildman–Crippen LogP) is 2.64. The average Bonchev–Trinajstić information content (AvgIpc) is 2.73. The van der Waals surface area contributed by atoms with E-state index in [4.69, 9.17) is 0 Å². The van der Waals surface area contributed by atoms with Crippen LogP contribution < -0.4 is 15.1 Å². The van der Waals surface area contributed by atoms with Crippen LogP contribution in [-0.2, 0) is 4.79 Å². The third-order valence-electron chi connectivity index (χ3n) is 5.99. The number of nitrogens with zero attached hydrogens (tertiary/aromatic N) is 1. The Morgan fingerprint density at radius 2 is 1.75 bits per heavy atom. The Bertz CT molecular complexity index is 783. The van der Waals surface area contributed by atoms with Crippen molar-refractivity contribution in [1.29, 1.82) is 0 Å². The summed E-state index contributed by atoms with van der Waals surface area (Å²) in [5.74, 6) is 0.799. The lowest BCUT2D eigenvalue weighted by molar-refractivity contribution is -0.914. The van der Waals surface area contributed by atoms with E-state index in [1.54, 1.807) is 12.1 Å². The van der Waals surface area contributed by atoms with E-state index in [9.17, 15) is 9.90 Å².